The number of rotatable bonds is 3. The molecule has 5 nitrogen and oxygen atoms in total. The fourth-order valence-electron chi connectivity index (χ4n) is 3.02. The van der Waals surface area contributed by atoms with Crippen molar-refractivity contribution < 1.29 is 9.53 Å². The van der Waals surface area contributed by atoms with Crippen molar-refractivity contribution in [3.05, 3.63) is 29.3 Å². The largest absolute Gasteiger partial charge is 0.473 e. The highest BCUT2D eigenvalue weighted by Crippen LogP contribution is 2.32. The minimum atomic E-state index is -0.576. The van der Waals surface area contributed by atoms with Crippen LogP contribution in [0.15, 0.2) is 18.2 Å². The number of piperidine rings is 1. The Morgan fingerprint density at radius 2 is 2.18 bits per heavy atom. The van der Waals surface area contributed by atoms with Gasteiger partial charge in [-0.2, -0.15) is 0 Å². The number of carbonyl (C=O) groups is 1. The van der Waals surface area contributed by atoms with E-state index < -0.39 is 6.23 Å². The molecular weight excluding hydrogens is 302 g/mol. The van der Waals surface area contributed by atoms with E-state index in [2.05, 4.69) is 10.6 Å². The summed E-state index contributed by atoms with van der Waals surface area (Å²) < 4.78 is 5.66. The van der Waals surface area contributed by atoms with Crippen LogP contribution in [0.4, 0.5) is 0 Å². The minimum absolute atomic E-state index is 0.101. The Morgan fingerprint density at radius 3 is 2.95 bits per heavy atom. The molecule has 0 radical (unpaired) electrons. The number of ether oxygens (including phenoxy) is 1. The average molecular weight is 324 g/mol. The Morgan fingerprint density at radius 1 is 1.41 bits per heavy atom. The summed E-state index contributed by atoms with van der Waals surface area (Å²) in [4.78, 5) is 12.5. The van der Waals surface area contributed by atoms with E-state index in [1.165, 1.54) is 0 Å². The first-order chi connectivity index (χ1) is 10.6. The van der Waals surface area contributed by atoms with Crippen molar-refractivity contribution in [3.63, 3.8) is 0 Å². The molecule has 1 amide bonds. The predicted molar refractivity (Wildman–Crippen MR) is 86.3 cm³/mol. The number of nitrogens with two attached hydrogens (primary N) is 1. The number of amides is 1. The lowest BCUT2D eigenvalue weighted by atomic mass is 9.97. The standard InChI is InChI=1S/C16H22ClN3O2/c17-13-8-11-2-1-3-12(14(11)22-15(13)18)16(21)20-9-10-4-6-19-7-5-10/h1-3,10,13,15,19H,4-9,18H2,(H,20,21). The molecule has 1 aromatic rings. The van der Waals surface area contributed by atoms with E-state index in [0.717, 1.165) is 31.5 Å². The average Bonchev–Trinajstić information content (AvgIpc) is 2.54. The summed E-state index contributed by atoms with van der Waals surface area (Å²) in [6.45, 7) is 2.75. The zero-order valence-electron chi connectivity index (χ0n) is 12.5. The molecule has 22 heavy (non-hydrogen) atoms. The molecule has 2 unspecified atom stereocenters. The Hall–Kier alpha value is -1.30. The third-order valence-electron chi connectivity index (χ3n) is 4.38. The molecule has 2 aliphatic rings. The van der Waals surface area contributed by atoms with E-state index in [0.29, 0.717) is 30.2 Å². The zero-order valence-corrected chi connectivity index (χ0v) is 13.2. The maximum atomic E-state index is 12.5. The lowest BCUT2D eigenvalue weighted by Gasteiger charge is -2.29. The van der Waals surface area contributed by atoms with Gasteiger partial charge in [0, 0.05) is 6.54 Å². The molecular formula is C16H22ClN3O2. The molecule has 0 spiro atoms. The number of carbonyl (C=O) groups excluding carboxylic acids is 1. The molecule has 1 saturated heterocycles. The molecule has 3 rings (SSSR count). The summed E-state index contributed by atoms with van der Waals surface area (Å²) in [7, 11) is 0. The molecule has 1 aromatic carbocycles. The van der Waals surface area contributed by atoms with Gasteiger partial charge in [-0.1, -0.05) is 12.1 Å². The van der Waals surface area contributed by atoms with E-state index in [-0.39, 0.29) is 11.3 Å². The topological polar surface area (TPSA) is 76.4 Å². The summed E-state index contributed by atoms with van der Waals surface area (Å²) in [5.74, 6) is 1.02. The quantitative estimate of drug-likeness (QED) is 0.732. The van der Waals surface area contributed by atoms with Gasteiger partial charge in [-0.05, 0) is 49.9 Å². The van der Waals surface area contributed by atoms with Gasteiger partial charge in [0.2, 0.25) is 0 Å². The second kappa shape index (κ2) is 6.86. The zero-order chi connectivity index (χ0) is 15.5. The molecule has 6 heteroatoms. The number of para-hydroxylation sites is 1. The van der Waals surface area contributed by atoms with Gasteiger partial charge < -0.3 is 15.4 Å². The van der Waals surface area contributed by atoms with Gasteiger partial charge in [0.15, 0.2) is 6.23 Å². The predicted octanol–water partition coefficient (Wildman–Crippen LogP) is 1.24. The third kappa shape index (κ3) is 3.37. The van der Waals surface area contributed by atoms with Crippen LogP contribution >= 0.6 is 11.6 Å². The number of fused-ring (bicyclic) bond motifs is 1. The van der Waals surface area contributed by atoms with E-state index >= 15 is 0 Å². The van der Waals surface area contributed by atoms with Gasteiger partial charge in [-0.3, -0.25) is 10.5 Å². The molecule has 2 aliphatic heterocycles. The molecule has 0 bridgehead atoms. The minimum Gasteiger partial charge on any atom is -0.473 e. The summed E-state index contributed by atoms with van der Waals surface area (Å²) >= 11 is 6.13. The van der Waals surface area contributed by atoms with Crippen molar-refractivity contribution >= 4 is 17.5 Å². The third-order valence-corrected chi connectivity index (χ3v) is 4.78. The summed E-state index contributed by atoms with van der Waals surface area (Å²) in [5.41, 5.74) is 7.35. The second-order valence-corrected chi connectivity index (χ2v) is 6.56. The van der Waals surface area contributed by atoms with Gasteiger partial charge in [0.1, 0.15) is 5.75 Å². The molecule has 4 N–H and O–H groups in total. The van der Waals surface area contributed by atoms with Crippen molar-refractivity contribution in [1.82, 2.24) is 10.6 Å². The van der Waals surface area contributed by atoms with Crippen LogP contribution in [-0.2, 0) is 6.42 Å². The number of benzene rings is 1. The van der Waals surface area contributed by atoms with Crippen molar-refractivity contribution in [2.75, 3.05) is 19.6 Å². The number of hydrogen-bond donors (Lipinski definition) is 3. The first-order valence-corrected chi connectivity index (χ1v) is 8.26. The molecule has 2 atom stereocenters. The summed E-state index contributed by atoms with van der Waals surface area (Å²) in [6, 6.07) is 5.57. The first kappa shape index (κ1) is 15.6. The fourth-order valence-corrected chi connectivity index (χ4v) is 3.24. The SMILES string of the molecule is NC1Oc2c(cccc2C(=O)NCC2CCNCC2)CC1Cl. The van der Waals surface area contributed by atoms with Crippen LogP contribution in [0.2, 0.25) is 0 Å². The Balaban J connectivity index is 1.69. The van der Waals surface area contributed by atoms with Crippen LogP contribution in [0.1, 0.15) is 28.8 Å². The van der Waals surface area contributed by atoms with Gasteiger partial charge in [-0.25, -0.2) is 0 Å². The van der Waals surface area contributed by atoms with Crippen LogP contribution < -0.4 is 21.1 Å². The number of hydrogen-bond acceptors (Lipinski definition) is 4. The summed E-state index contributed by atoms with van der Waals surface area (Å²) in [6.07, 6.45) is 2.24. The van der Waals surface area contributed by atoms with Gasteiger partial charge in [0.05, 0.1) is 10.9 Å². The number of alkyl halides is 1. The van der Waals surface area contributed by atoms with Crippen LogP contribution in [0.25, 0.3) is 0 Å². The molecule has 1 fully saturated rings. The normalized spacial score (nSPS) is 25.2. The van der Waals surface area contributed by atoms with Crippen LogP contribution in [-0.4, -0.2) is 37.1 Å². The van der Waals surface area contributed by atoms with Gasteiger partial charge in [0.25, 0.3) is 5.91 Å². The van der Waals surface area contributed by atoms with Gasteiger partial charge in [-0.15, -0.1) is 11.6 Å². The molecule has 0 aromatic heterocycles. The van der Waals surface area contributed by atoms with Crippen LogP contribution in [0, 0.1) is 5.92 Å². The van der Waals surface area contributed by atoms with E-state index in [1.54, 1.807) is 6.07 Å². The van der Waals surface area contributed by atoms with E-state index in [9.17, 15) is 4.79 Å². The maximum absolute atomic E-state index is 12.5. The molecule has 120 valence electrons. The fraction of sp³-hybridized carbons (Fsp3) is 0.562. The molecule has 0 saturated carbocycles. The van der Waals surface area contributed by atoms with Crippen LogP contribution in [0.3, 0.4) is 0 Å². The highest BCUT2D eigenvalue weighted by molar-refractivity contribution is 6.21. The van der Waals surface area contributed by atoms with Crippen molar-refractivity contribution in [2.45, 2.75) is 30.9 Å². The maximum Gasteiger partial charge on any atom is 0.255 e. The van der Waals surface area contributed by atoms with E-state index in [1.807, 2.05) is 12.1 Å². The number of nitrogens with one attached hydrogen (secondary N) is 2. The first-order valence-electron chi connectivity index (χ1n) is 7.82. The highest BCUT2D eigenvalue weighted by Gasteiger charge is 2.29. The van der Waals surface area contributed by atoms with Gasteiger partial charge >= 0.3 is 0 Å². The van der Waals surface area contributed by atoms with Crippen molar-refractivity contribution in [1.29, 1.82) is 0 Å². The number of halogens is 1. The molecule has 2 heterocycles. The monoisotopic (exact) mass is 323 g/mol. The smallest absolute Gasteiger partial charge is 0.255 e. The lowest BCUT2D eigenvalue weighted by molar-refractivity contribution is 0.0934. The Kier molecular flexibility index (Phi) is 4.86. The van der Waals surface area contributed by atoms with Crippen molar-refractivity contribution in [2.24, 2.45) is 11.7 Å². The Labute approximate surface area is 135 Å². The summed E-state index contributed by atoms with van der Waals surface area (Å²) in [5, 5.41) is 6.09. The molecule has 0 aliphatic carbocycles. The van der Waals surface area contributed by atoms with Crippen molar-refractivity contribution in [3.8, 4) is 5.75 Å². The second-order valence-electron chi connectivity index (χ2n) is 6.00. The van der Waals surface area contributed by atoms with E-state index in [4.69, 9.17) is 22.1 Å². The van der Waals surface area contributed by atoms with Crippen LogP contribution in [0.5, 0.6) is 5.75 Å². The Bertz CT molecular complexity index is 546. The lowest BCUT2D eigenvalue weighted by Crippen LogP contribution is -2.42. The highest BCUT2D eigenvalue weighted by atomic mass is 35.5.